The van der Waals surface area contributed by atoms with Gasteiger partial charge in [0.25, 0.3) is 5.91 Å². The number of nitrogens with one attached hydrogen (secondary N) is 2. The topological polar surface area (TPSA) is 44.4 Å². The third kappa shape index (κ3) is 5.96. The summed E-state index contributed by atoms with van der Waals surface area (Å²) in [4.78, 5) is 11.4. The third-order valence-corrected chi connectivity index (χ3v) is 1.50. The van der Waals surface area contributed by atoms with Crippen molar-refractivity contribution in [3.8, 4) is 0 Å². The number of allylic oxidation sites excluding steroid dienone is 1. The number of rotatable bonds is 4. The third-order valence-electron chi connectivity index (χ3n) is 1.50. The lowest BCUT2D eigenvalue weighted by Crippen LogP contribution is -2.48. The summed E-state index contributed by atoms with van der Waals surface area (Å²) in [5.74, 6) is -0.0538. The van der Waals surface area contributed by atoms with E-state index in [1.54, 1.807) is 21.0 Å². The Morgan fingerprint density at radius 2 is 1.79 bits per heavy atom. The molecule has 0 saturated carbocycles. The lowest BCUT2D eigenvalue weighted by Gasteiger charge is -2.19. The van der Waals surface area contributed by atoms with E-state index in [2.05, 4.69) is 22.5 Å². The van der Waals surface area contributed by atoms with Crippen LogP contribution in [0.1, 0.15) is 20.3 Å². The minimum absolute atomic E-state index is 0.0538. The van der Waals surface area contributed by atoms with E-state index in [1.807, 2.05) is 13.0 Å². The number of hydrogen-bond acceptors (Lipinski definition) is 3. The Morgan fingerprint density at radius 3 is 2.07 bits per heavy atom. The van der Waals surface area contributed by atoms with Crippen molar-refractivity contribution in [1.29, 1.82) is 0 Å². The summed E-state index contributed by atoms with van der Waals surface area (Å²) < 4.78 is 0. The van der Waals surface area contributed by atoms with Gasteiger partial charge in [-0.2, -0.15) is 0 Å². The van der Waals surface area contributed by atoms with E-state index in [0.29, 0.717) is 0 Å². The number of halogens is 1. The van der Waals surface area contributed by atoms with Crippen LogP contribution in [-0.4, -0.2) is 31.5 Å². The molecule has 0 aliphatic carbocycles. The van der Waals surface area contributed by atoms with E-state index in [1.165, 1.54) is 11.5 Å². The molecule has 0 saturated heterocycles. The van der Waals surface area contributed by atoms with Gasteiger partial charge < -0.3 is 0 Å². The van der Waals surface area contributed by atoms with Crippen LogP contribution in [0.4, 0.5) is 0 Å². The highest BCUT2D eigenvalue weighted by Gasteiger charge is 2.10. The Balaban J connectivity index is 0. The van der Waals surface area contributed by atoms with Crippen LogP contribution >= 0.6 is 11.6 Å². The summed E-state index contributed by atoms with van der Waals surface area (Å²) in [6, 6.07) is 0. The SMILES string of the molecule is CCC=C(C)C(=O)N(NC)NC.CCl. The Kier molecular flexibility index (Phi) is 11.9. The van der Waals surface area contributed by atoms with Gasteiger partial charge in [0.1, 0.15) is 0 Å². The van der Waals surface area contributed by atoms with E-state index in [9.17, 15) is 4.79 Å². The highest BCUT2D eigenvalue weighted by Crippen LogP contribution is 1.97. The second kappa shape index (κ2) is 10.5. The Labute approximate surface area is 91.2 Å². The van der Waals surface area contributed by atoms with Gasteiger partial charge >= 0.3 is 0 Å². The average molecular weight is 222 g/mol. The molecule has 0 fully saturated rings. The molecular formula is C9H20ClN3O. The summed E-state index contributed by atoms with van der Waals surface area (Å²) in [5, 5.41) is 1.33. The highest BCUT2D eigenvalue weighted by atomic mass is 35.5. The molecular weight excluding hydrogens is 202 g/mol. The molecule has 0 unspecified atom stereocenters. The first-order chi connectivity index (χ1) is 6.67. The van der Waals surface area contributed by atoms with Crippen molar-refractivity contribution >= 4 is 17.5 Å². The van der Waals surface area contributed by atoms with Gasteiger partial charge in [-0.25, -0.2) is 16.0 Å². The maximum absolute atomic E-state index is 11.4. The average Bonchev–Trinajstić information content (AvgIpc) is 2.23. The van der Waals surface area contributed by atoms with Gasteiger partial charge in [-0.3, -0.25) is 4.79 Å². The number of nitrogens with zero attached hydrogens (tertiary/aromatic N) is 1. The minimum atomic E-state index is -0.0538. The molecule has 0 aromatic rings. The molecule has 14 heavy (non-hydrogen) atoms. The molecule has 0 bridgehead atoms. The molecule has 0 rings (SSSR count). The zero-order valence-electron chi connectivity index (χ0n) is 9.52. The van der Waals surface area contributed by atoms with Crippen LogP contribution in [0.2, 0.25) is 0 Å². The standard InChI is InChI=1S/C8H17N3O.CH3Cl/c1-5-6-7(2)8(12)11(9-3)10-4;1-2/h6,9-10H,5H2,1-4H3;1H3. The second-order valence-electron chi connectivity index (χ2n) is 2.38. The molecule has 5 heteroatoms. The summed E-state index contributed by atoms with van der Waals surface area (Å²) >= 11 is 4.64. The van der Waals surface area contributed by atoms with Crippen molar-refractivity contribution in [3.05, 3.63) is 11.6 Å². The summed E-state index contributed by atoms with van der Waals surface area (Å²) in [6.07, 6.45) is 4.24. The van der Waals surface area contributed by atoms with Crippen molar-refractivity contribution in [2.75, 3.05) is 20.5 Å². The zero-order valence-corrected chi connectivity index (χ0v) is 10.3. The fourth-order valence-corrected chi connectivity index (χ4v) is 0.885. The van der Waals surface area contributed by atoms with Crippen LogP contribution in [0.3, 0.4) is 0 Å². The quantitative estimate of drug-likeness (QED) is 0.427. The largest absolute Gasteiger partial charge is 0.278 e. The van der Waals surface area contributed by atoms with Crippen molar-refractivity contribution in [1.82, 2.24) is 16.0 Å². The number of hydrogen-bond donors (Lipinski definition) is 2. The molecule has 0 radical (unpaired) electrons. The van der Waals surface area contributed by atoms with Gasteiger partial charge in [0.05, 0.1) is 0 Å². The fourth-order valence-electron chi connectivity index (χ4n) is 0.885. The predicted octanol–water partition coefficient (Wildman–Crippen LogP) is 1.30. The normalized spacial score (nSPS) is 10.3. The van der Waals surface area contributed by atoms with E-state index in [4.69, 9.17) is 0 Å². The first-order valence-corrected chi connectivity index (χ1v) is 5.16. The number of alkyl halides is 1. The number of carbonyl (C=O) groups is 1. The number of carbonyl (C=O) groups excluding carboxylic acids is 1. The number of hydrazine groups is 2. The van der Waals surface area contributed by atoms with E-state index >= 15 is 0 Å². The van der Waals surface area contributed by atoms with Gasteiger partial charge in [0, 0.05) is 26.1 Å². The van der Waals surface area contributed by atoms with Gasteiger partial charge in [-0.15, -0.1) is 11.6 Å². The van der Waals surface area contributed by atoms with E-state index < -0.39 is 0 Å². The maximum atomic E-state index is 11.4. The Hall–Kier alpha value is -0.580. The summed E-state index contributed by atoms with van der Waals surface area (Å²) in [7, 11) is 3.38. The van der Waals surface area contributed by atoms with Crippen molar-refractivity contribution < 1.29 is 4.79 Å². The summed E-state index contributed by atoms with van der Waals surface area (Å²) in [6.45, 7) is 3.80. The molecule has 0 aliphatic rings. The van der Waals surface area contributed by atoms with E-state index in [-0.39, 0.29) is 5.91 Å². The maximum Gasteiger partial charge on any atom is 0.278 e. The van der Waals surface area contributed by atoms with Crippen LogP contribution in [0.15, 0.2) is 11.6 Å². The molecule has 1 amide bonds. The van der Waals surface area contributed by atoms with Gasteiger partial charge in [-0.05, 0) is 13.3 Å². The molecule has 0 aromatic carbocycles. The van der Waals surface area contributed by atoms with Crippen LogP contribution in [-0.2, 0) is 4.79 Å². The molecule has 0 aromatic heterocycles. The molecule has 0 atom stereocenters. The monoisotopic (exact) mass is 221 g/mol. The van der Waals surface area contributed by atoms with Crippen LogP contribution in [0.5, 0.6) is 0 Å². The molecule has 2 N–H and O–H groups in total. The number of amides is 1. The van der Waals surface area contributed by atoms with Crippen molar-refractivity contribution in [2.45, 2.75) is 20.3 Å². The van der Waals surface area contributed by atoms with Crippen LogP contribution < -0.4 is 10.9 Å². The second-order valence-corrected chi connectivity index (χ2v) is 2.38. The van der Waals surface area contributed by atoms with Gasteiger partial charge in [-0.1, -0.05) is 13.0 Å². The fraction of sp³-hybridized carbons (Fsp3) is 0.667. The molecule has 0 spiro atoms. The molecule has 84 valence electrons. The van der Waals surface area contributed by atoms with Crippen LogP contribution in [0.25, 0.3) is 0 Å². The predicted molar refractivity (Wildman–Crippen MR) is 60.8 cm³/mol. The molecule has 4 nitrogen and oxygen atoms in total. The van der Waals surface area contributed by atoms with Gasteiger partial charge in [0.2, 0.25) is 0 Å². The van der Waals surface area contributed by atoms with Gasteiger partial charge in [0.15, 0.2) is 0 Å². The molecule has 0 heterocycles. The van der Waals surface area contributed by atoms with Crippen molar-refractivity contribution in [2.24, 2.45) is 0 Å². The van der Waals surface area contributed by atoms with E-state index in [0.717, 1.165) is 12.0 Å². The molecule has 0 aliphatic heterocycles. The Morgan fingerprint density at radius 1 is 1.36 bits per heavy atom. The lowest BCUT2D eigenvalue weighted by molar-refractivity contribution is -0.132. The van der Waals surface area contributed by atoms with Crippen molar-refractivity contribution in [3.63, 3.8) is 0 Å². The lowest BCUT2D eigenvalue weighted by atomic mass is 10.2. The first kappa shape index (κ1) is 15.9. The minimum Gasteiger partial charge on any atom is -0.267 e. The zero-order chi connectivity index (χ0) is 11.6. The highest BCUT2D eigenvalue weighted by molar-refractivity contribution is 6.15. The summed E-state index contributed by atoms with van der Waals surface area (Å²) in [5.41, 5.74) is 6.18. The first-order valence-electron chi connectivity index (χ1n) is 4.41. The Bertz CT molecular complexity index is 179. The van der Waals surface area contributed by atoms with Crippen LogP contribution in [0, 0.1) is 0 Å². The smallest absolute Gasteiger partial charge is 0.267 e.